The Morgan fingerprint density at radius 1 is 1.45 bits per heavy atom. The van der Waals surface area contributed by atoms with Gasteiger partial charge in [0, 0.05) is 12.2 Å². The molecule has 2 N–H and O–H groups in total. The minimum atomic E-state index is -0.447. The summed E-state index contributed by atoms with van der Waals surface area (Å²) in [4.78, 5) is 16.1. The van der Waals surface area contributed by atoms with Crippen LogP contribution in [0.25, 0.3) is 0 Å². The molecule has 6 nitrogen and oxygen atoms in total. The van der Waals surface area contributed by atoms with E-state index in [0.29, 0.717) is 17.1 Å². The number of nitrogens with zero attached hydrogens (tertiary/aromatic N) is 3. The zero-order valence-corrected chi connectivity index (χ0v) is 11.7. The zero-order valence-electron chi connectivity index (χ0n) is 11.7. The van der Waals surface area contributed by atoms with Gasteiger partial charge in [0.2, 0.25) is 0 Å². The van der Waals surface area contributed by atoms with E-state index >= 15 is 0 Å². The predicted molar refractivity (Wildman–Crippen MR) is 75.0 cm³/mol. The number of carbonyl (C=O) groups excluding carboxylic acids is 1. The van der Waals surface area contributed by atoms with E-state index in [-0.39, 0.29) is 6.61 Å². The average Bonchev–Trinajstić information content (AvgIpc) is 2.87. The molecule has 106 valence electrons. The molecule has 0 aliphatic heterocycles. The lowest BCUT2D eigenvalue weighted by atomic mass is 10.1. The highest BCUT2D eigenvalue weighted by molar-refractivity contribution is 5.95. The van der Waals surface area contributed by atoms with Crippen LogP contribution in [0.2, 0.25) is 0 Å². The van der Waals surface area contributed by atoms with Crippen molar-refractivity contribution in [1.82, 2.24) is 14.8 Å². The van der Waals surface area contributed by atoms with Gasteiger partial charge in [-0.05, 0) is 25.5 Å². The topological polar surface area (TPSA) is 83.0 Å². The molecule has 0 atom stereocenters. The molecule has 2 rings (SSSR count). The molecule has 2 aromatic rings. The first-order valence-electron chi connectivity index (χ1n) is 6.51. The summed E-state index contributed by atoms with van der Waals surface area (Å²) in [6.07, 6.45) is 2.40. The summed E-state index contributed by atoms with van der Waals surface area (Å²) in [7, 11) is 0. The first kappa shape index (κ1) is 14.0. The highest BCUT2D eigenvalue weighted by Crippen LogP contribution is 2.15. The quantitative estimate of drug-likeness (QED) is 0.665. The van der Waals surface area contributed by atoms with Crippen LogP contribution >= 0.6 is 0 Å². The van der Waals surface area contributed by atoms with Crippen molar-refractivity contribution in [2.75, 3.05) is 5.73 Å². The number of aromatic nitrogens is 3. The lowest BCUT2D eigenvalue weighted by molar-refractivity contribution is 0.0458. The van der Waals surface area contributed by atoms with Gasteiger partial charge in [-0.1, -0.05) is 18.6 Å². The monoisotopic (exact) mass is 274 g/mol. The zero-order chi connectivity index (χ0) is 14.5. The second-order valence-electron chi connectivity index (χ2n) is 4.57. The maximum Gasteiger partial charge on any atom is 0.340 e. The van der Waals surface area contributed by atoms with E-state index in [1.165, 1.54) is 6.33 Å². The van der Waals surface area contributed by atoms with E-state index < -0.39 is 5.97 Å². The van der Waals surface area contributed by atoms with Crippen LogP contribution in [-0.2, 0) is 17.9 Å². The van der Waals surface area contributed by atoms with Crippen molar-refractivity contribution in [1.29, 1.82) is 0 Å². The van der Waals surface area contributed by atoms with Gasteiger partial charge in [0.05, 0.1) is 5.56 Å². The van der Waals surface area contributed by atoms with Crippen LogP contribution in [0.15, 0.2) is 24.5 Å². The van der Waals surface area contributed by atoms with E-state index in [2.05, 4.69) is 10.1 Å². The highest BCUT2D eigenvalue weighted by atomic mass is 16.5. The molecule has 1 aromatic carbocycles. The lowest BCUT2D eigenvalue weighted by Crippen LogP contribution is -2.12. The van der Waals surface area contributed by atoms with Crippen LogP contribution in [0.3, 0.4) is 0 Å². The molecule has 0 amide bonds. The van der Waals surface area contributed by atoms with Gasteiger partial charge in [-0.2, -0.15) is 5.10 Å². The third kappa shape index (κ3) is 3.14. The summed E-state index contributed by atoms with van der Waals surface area (Å²) in [5.41, 5.74) is 7.54. The van der Waals surface area contributed by atoms with Crippen molar-refractivity contribution >= 4 is 11.7 Å². The Hall–Kier alpha value is -2.37. The predicted octanol–water partition coefficient (Wildman–Crippen LogP) is 1.94. The molecule has 0 aliphatic rings. The van der Waals surface area contributed by atoms with Crippen LogP contribution in [0.1, 0.15) is 35.1 Å². The Balaban J connectivity index is 2.05. The number of ether oxygens (including phenoxy) is 1. The molecule has 0 spiro atoms. The fraction of sp³-hybridized carbons (Fsp3) is 0.357. The molecule has 0 saturated heterocycles. The molecule has 0 radical (unpaired) electrons. The fourth-order valence-corrected chi connectivity index (χ4v) is 1.85. The van der Waals surface area contributed by atoms with Crippen LogP contribution < -0.4 is 5.73 Å². The average molecular weight is 274 g/mol. The number of aryl methyl sites for hydroxylation is 2. The second kappa shape index (κ2) is 6.18. The Morgan fingerprint density at radius 3 is 3.00 bits per heavy atom. The summed E-state index contributed by atoms with van der Waals surface area (Å²) in [6, 6.07) is 5.27. The second-order valence-corrected chi connectivity index (χ2v) is 4.57. The Morgan fingerprint density at radius 2 is 2.25 bits per heavy atom. The minimum Gasteiger partial charge on any atom is -0.454 e. The van der Waals surface area contributed by atoms with Gasteiger partial charge in [0.25, 0.3) is 0 Å². The van der Waals surface area contributed by atoms with Crippen molar-refractivity contribution in [3.05, 3.63) is 41.5 Å². The third-order valence-corrected chi connectivity index (χ3v) is 2.89. The third-order valence-electron chi connectivity index (χ3n) is 2.89. The Bertz CT molecular complexity index is 607. The first-order valence-corrected chi connectivity index (χ1v) is 6.51. The van der Waals surface area contributed by atoms with E-state index in [9.17, 15) is 4.79 Å². The Kier molecular flexibility index (Phi) is 4.34. The molecule has 6 heteroatoms. The van der Waals surface area contributed by atoms with Crippen molar-refractivity contribution in [3.8, 4) is 0 Å². The van der Waals surface area contributed by atoms with E-state index in [1.807, 2.05) is 19.9 Å². The first-order chi connectivity index (χ1) is 9.61. The van der Waals surface area contributed by atoms with Gasteiger partial charge in [0.15, 0.2) is 12.4 Å². The number of anilines is 1. The summed E-state index contributed by atoms with van der Waals surface area (Å²) >= 11 is 0. The number of esters is 1. The van der Waals surface area contributed by atoms with Gasteiger partial charge in [-0.3, -0.25) is 0 Å². The Labute approximate surface area is 117 Å². The SMILES string of the molecule is CCCn1ncnc1COC(=O)c1cc(C)ccc1N. The van der Waals surface area contributed by atoms with E-state index in [0.717, 1.165) is 18.5 Å². The van der Waals surface area contributed by atoms with Gasteiger partial charge < -0.3 is 10.5 Å². The van der Waals surface area contributed by atoms with Gasteiger partial charge in [-0.25, -0.2) is 14.5 Å². The molecule has 0 aliphatic carbocycles. The number of nitrogen functional groups attached to an aromatic ring is 1. The lowest BCUT2D eigenvalue weighted by Gasteiger charge is -2.08. The van der Waals surface area contributed by atoms with E-state index in [4.69, 9.17) is 10.5 Å². The standard InChI is InChI=1S/C14H18N4O2/c1-3-6-18-13(16-9-17-18)8-20-14(19)11-7-10(2)4-5-12(11)15/h4-5,7,9H,3,6,8,15H2,1-2H3. The van der Waals surface area contributed by atoms with Gasteiger partial charge >= 0.3 is 5.97 Å². The van der Waals surface area contributed by atoms with Gasteiger partial charge in [-0.15, -0.1) is 0 Å². The van der Waals surface area contributed by atoms with Crippen molar-refractivity contribution < 1.29 is 9.53 Å². The van der Waals surface area contributed by atoms with Crippen LogP contribution in [-0.4, -0.2) is 20.7 Å². The molecular formula is C14H18N4O2. The maximum atomic E-state index is 12.0. The van der Waals surface area contributed by atoms with Crippen LogP contribution in [0, 0.1) is 6.92 Å². The summed E-state index contributed by atoms with van der Waals surface area (Å²) in [5.74, 6) is 0.184. The molecule has 20 heavy (non-hydrogen) atoms. The van der Waals surface area contributed by atoms with Crippen LogP contribution in [0.5, 0.6) is 0 Å². The molecule has 0 saturated carbocycles. The number of rotatable bonds is 5. The van der Waals surface area contributed by atoms with Crippen molar-refractivity contribution in [3.63, 3.8) is 0 Å². The summed E-state index contributed by atoms with van der Waals surface area (Å²) in [6.45, 7) is 4.78. The highest BCUT2D eigenvalue weighted by Gasteiger charge is 2.13. The molecule has 0 bridgehead atoms. The molecule has 1 aromatic heterocycles. The van der Waals surface area contributed by atoms with Crippen molar-refractivity contribution in [2.24, 2.45) is 0 Å². The number of carbonyl (C=O) groups is 1. The van der Waals surface area contributed by atoms with Crippen LogP contribution in [0.4, 0.5) is 5.69 Å². The summed E-state index contributed by atoms with van der Waals surface area (Å²) < 4.78 is 6.98. The fourth-order valence-electron chi connectivity index (χ4n) is 1.85. The van der Waals surface area contributed by atoms with E-state index in [1.54, 1.807) is 16.8 Å². The smallest absolute Gasteiger partial charge is 0.340 e. The normalized spacial score (nSPS) is 10.5. The largest absolute Gasteiger partial charge is 0.454 e. The summed E-state index contributed by atoms with van der Waals surface area (Å²) in [5, 5.41) is 4.08. The maximum absolute atomic E-state index is 12.0. The minimum absolute atomic E-state index is 0.0895. The number of hydrogen-bond donors (Lipinski definition) is 1. The molecule has 0 fully saturated rings. The number of hydrogen-bond acceptors (Lipinski definition) is 5. The number of nitrogens with two attached hydrogens (primary N) is 1. The van der Waals surface area contributed by atoms with Crippen molar-refractivity contribution in [2.45, 2.75) is 33.4 Å². The molecular weight excluding hydrogens is 256 g/mol. The van der Waals surface area contributed by atoms with Gasteiger partial charge in [0.1, 0.15) is 6.33 Å². The number of benzene rings is 1. The molecule has 0 unspecified atom stereocenters. The molecule has 1 heterocycles.